The van der Waals surface area contributed by atoms with Crippen LogP contribution in [0, 0.1) is 0 Å². The van der Waals surface area contributed by atoms with E-state index in [4.69, 9.17) is 11.6 Å². The maximum Gasteiger partial charge on any atom is 0.237 e. The van der Waals surface area contributed by atoms with E-state index in [2.05, 4.69) is 13.8 Å². The molecule has 0 radical (unpaired) electrons. The third kappa shape index (κ3) is 3.39. The van der Waals surface area contributed by atoms with Gasteiger partial charge in [0.2, 0.25) is 5.91 Å². The Morgan fingerprint density at radius 2 is 2.23 bits per heavy atom. The number of carbonyl (C=O) groups excluding carboxylic acids is 1. The first-order chi connectivity index (χ1) is 6.05. The predicted molar refractivity (Wildman–Crippen MR) is 58.5 cm³/mol. The Hall–Kier alpha value is 0.110. The molecule has 0 bridgehead atoms. The van der Waals surface area contributed by atoms with Gasteiger partial charge in [-0.05, 0) is 6.42 Å². The Bertz CT molecular complexity index is 196. The Kier molecular flexibility index (Phi) is 3.92. The second-order valence-corrected chi connectivity index (χ2v) is 5.94. The average molecular weight is 222 g/mol. The summed E-state index contributed by atoms with van der Waals surface area (Å²) in [4.78, 5) is 13.2. The number of alkyl halides is 1. The lowest BCUT2D eigenvalue weighted by Gasteiger charge is -2.22. The molecule has 1 rings (SSSR count). The molecule has 1 aliphatic rings. The van der Waals surface area contributed by atoms with E-state index in [1.807, 2.05) is 16.7 Å². The van der Waals surface area contributed by atoms with Crippen LogP contribution in [0.2, 0.25) is 0 Å². The zero-order chi connectivity index (χ0) is 9.90. The standard InChI is InChI=1S/C9H16ClNOS/c1-9(2)3-4-11(5-6-13-9)8(12)7-10/h3-7H2,1-2H3. The van der Waals surface area contributed by atoms with Gasteiger partial charge in [0, 0.05) is 23.6 Å². The van der Waals surface area contributed by atoms with Gasteiger partial charge in [0.1, 0.15) is 5.88 Å². The van der Waals surface area contributed by atoms with Crippen molar-refractivity contribution in [3.63, 3.8) is 0 Å². The van der Waals surface area contributed by atoms with Crippen molar-refractivity contribution in [1.82, 2.24) is 4.90 Å². The Labute approximate surface area is 89.0 Å². The van der Waals surface area contributed by atoms with Crippen molar-refractivity contribution in [2.45, 2.75) is 25.0 Å². The number of hydrogen-bond donors (Lipinski definition) is 0. The smallest absolute Gasteiger partial charge is 0.237 e. The molecule has 4 heteroatoms. The zero-order valence-electron chi connectivity index (χ0n) is 8.18. The van der Waals surface area contributed by atoms with Crippen LogP contribution in [0.5, 0.6) is 0 Å². The highest BCUT2D eigenvalue weighted by Gasteiger charge is 2.25. The molecule has 0 N–H and O–H groups in total. The van der Waals surface area contributed by atoms with E-state index in [-0.39, 0.29) is 11.8 Å². The maximum absolute atomic E-state index is 11.3. The summed E-state index contributed by atoms with van der Waals surface area (Å²) < 4.78 is 0.307. The first kappa shape index (κ1) is 11.2. The van der Waals surface area contributed by atoms with Crippen LogP contribution in [-0.2, 0) is 4.79 Å². The summed E-state index contributed by atoms with van der Waals surface area (Å²) in [6, 6.07) is 0. The predicted octanol–water partition coefficient (Wildman–Crippen LogP) is 1.97. The zero-order valence-corrected chi connectivity index (χ0v) is 9.75. The van der Waals surface area contributed by atoms with Crippen molar-refractivity contribution in [1.29, 1.82) is 0 Å². The molecule has 1 amide bonds. The minimum Gasteiger partial charge on any atom is -0.341 e. The second kappa shape index (κ2) is 4.56. The van der Waals surface area contributed by atoms with Gasteiger partial charge in [-0.2, -0.15) is 11.8 Å². The molecule has 0 spiro atoms. The van der Waals surface area contributed by atoms with Crippen LogP contribution in [0.4, 0.5) is 0 Å². The molecule has 0 aliphatic carbocycles. The van der Waals surface area contributed by atoms with Gasteiger partial charge in [0.15, 0.2) is 0 Å². The molecule has 76 valence electrons. The number of thioether (sulfide) groups is 1. The monoisotopic (exact) mass is 221 g/mol. The number of hydrogen-bond acceptors (Lipinski definition) is 2. The molecule has 0 aromatic heterocycles. The molecular weight excluding hydrogens is 206 g/mol. The lowest BCUT2D eigenvalue weighted by Crippen LogP contribution is -2.34. The summed E-state index contributed by atoms with van der Waals surface area (Å²) in [5.41, 5.74) is 0. The first-order valence-corrected chi connectivity index (χ1v) is 6.05. The topological polar surface area (TPSA) is 20.3 Å². The van der Waals surface area contributed by atoms with E-state index >= 15 is 0 Å². The van der Waals surface area contributed by atoms with Gasteiger partial charge in [0.25, 0.3) is 0 Å². The van der Waals surface area contributed by atoms with Crippen LogP contribution in [0.15, 0.2) is 0 Å². The lowest BCUT2D eigenvalue weighted by molar-refractivity contribution is -0.128. The van der Waals surface area contributed by atoms with Crippen LogP contribution in [-0.4, -0.2) is 40.3 Å². The van der Waals surface area contributed by atoms with E-state index in [1.165, 1.54) is 0 Å². The van der Waals surface area contributed by atoms with Crippen LogP contribution in [0.3, 0.4) is 0 Å². The number of carbonyl (C=O) groups is 1. The summed E-state index contributed by atoms with van der Waals surface area (Å²) in [7, 11) is 0. The highest BCUT2D eigenvalue weighted by atomic mass is 35.5. The summed E-state index contributed by atoms with van der Waals surface area (Å²) in [5.74, 6) is 1.21. The van der Waals surface area contributed by atoms with Crippen LogP contribution >= 0.6 is 23.4 Å². The molecule has 0 unspecified atom stereocenters. The van der Waals surface area contributed by atoms with Gasteiger partial charge in [0.05, 0.1) is 0 Å². The molecule has 0 aromatic carbocycles. The van der Waals surface area contributed by atoms with Crippen LogP contribution in [0.1, 0.15) is 20.3 Å². The van der Waals surface area contributed by atoms with Crippen molar-refractivity contribution >= 4 is 29.3 Å². The average Bonchev–Trinajstić information content (AvgIpc) is 2.25. The number of nitrogens with zero attached hydrogens (tertiary/aromatic N) is 1. The van der Waals surface area contributed by atoms with E-state index < -0.39 is 0 Å². The quantitative estimate of drug-likeness (QED) is 0.631. The fraction of sp³-hybridized carbons (Fsp3) is 0.889. The summed E-state index contributed by atoms with van der Waals surface area (Å²) in [6.07, 6.45) is 1.06. The molecule has 2 nitrogen and oxygen atoms in total. The fourth-order valence-electron chi connectivity index (χ4n) is 1.35. The van der Waals surface area contributed by atoms with Crippen molar-refractivity contribution in [3.05, 3.63) is 0 Å². The minimum atomic E-state index is 0.0694. The van der Waals surface area contributed by atoms with Gasteiger partial charge in [-0.1, -0.05) is 13.8 Å². The fourth-order valence-corrected chi connectivity index (χ4v) is 2.62. The van der Waals surface area contributed by atoms with Gasteiger partial charge >= 0.3 is 0 Å². The van der Waals surface area contributed by atoms with Gasteiger partial charge in [-0.25, -0.2) is 0 Å². The Morgan fingerprint density at radius 1 is 1.54 bits per heavy atom. The van der Waals surface area contributed by atoms with Crippen LogP contribution < -0.4 is 0 Å². The molecule has 13 heavy (non-hydrogen) atoms. The number of rotatable bonds is 1. The molecule has 1 saturated heterocycles. The van der Waals surface area contributed by atoms with E-state index in [0.29, 0.717) is 4.75 Å². The first-order valence-electron chi connectivity index (χ1n) is 4.53. The van der Waals surface area contributed by atoms with E-state index in [0.717, 1.165) is 25.3 Å². The number of halogens is 1. The third-order valence-corrected chi connectivity index (χ3v) is 3.91. The SMILES string of the molecule is CC1(C)CCN(C(=O)CCl)CCS1. The molecule has 1 fully saturated rings. The maximum atomic E-state index is 11.3. The molecule has 1 heterocycles. The third-order valence-electron chi connectivity index (χ3n) is 2.30. The van der Waals surface area contributed by atoms with Gasteiger partial charge in [-0.15, -0.1) is 11.6 Å². The lowest BCUT2D eigenvalue weighted by atomic mass is 10.1. The molecule has 0 aromatic rings. The highest BCUT2D eigenvalue weighted by molar-refractivity contribution is 8.00. The van der Waals surface area contributed by atoms with E-state index in [9.17, 15) is 4.79 Å². The summed E-state index contributed by atoms with van der Waals surface area (Å²) in [5, 5.41) is 0. The number of amides is 1. The normalized spacial score (nSPS) is 22.5. The Morgan fingerprint density at radius 3 is 2.85 bits per heavy atom. The summed E-state index contributed by atoms with van der Waals surface area (Å²) >= 11 is 7.45. The second-order valence-electron chi connectivity index (χ2n) is 3.87. The van der Waals surface area contributed by atoms with E-state index in [1.54, 1.807) is 0 Å². The van der Waals surface area contributed by atoms with Crippen molar-refractivity contribution in [3.8, 4) is 0 Å². The van der Waals surface area contributed by atoms with Crippen molar-refractivity contribution in [2.24, 2.45) is 0 Å². The summed E-state index contributed by atoms with van der Waals surface area (Å²) in [6.45, 7) is 6.16. The highest BCUT2D eigenvalue weighted by Crippen LogP contribution is 2.30. The minimum absolute atomic E-state index is 0.0694. The van der Waals surface area contributed by atoms with Gasteiger partial charge in [-0.3, -0.25) is 4.79 Å². The molecule has 0 atom stereocenters. The Balaban J connectivity index is 2.49. The van der Waals surface area contributed by atoms with Crippen molar-refractivity contribution in [2.75, 3.05) is 24.7 Å². The van der Waals surface area contributed by atoms with Crippen LogP contribution in [0.25, 0.3) is 0 Å². The molecule has 1 aliphatic heterocycles. The van der Waals surface area contributed by atoms with Gasteiger partial charge < -0.3 is 4.90 Å². The van der Waals surface area contributed by atoms with Crippen molar-refractivity contribution < 1.29 is 4.79 Å². The molecular formula is C9H16ClNOS. The molecule has 0 saturated carbocycles. The largest absolute Gasteiger partial charge is 0.341 e.